The zero-order valence-corrected chi connectivity index (χ0v) is 11.7. The van der Waals surface area contributed by atoms with Crippen molar-refractivity contribution in [1.82, 2.24) is 4.72 Å². The van der Waals surface area contributed by atoms with E-state index in [1.807, 2.05) is 4.72 Å². The highest BCUT2D eigenvalue weighted by Crippen LogP contribution is 2.16. The largest absolute Gasteiger partial charge is 0.478 e. The van der Waals surface area contributed by atoms with E-state index in [0.717, 1.165) is 6.07 Å². The van der Waals surface area contributed by atoms with Gasteiger partial charge in [0.05, 0.1) is 17.9 Å². The summed E-state index contributed by atoms with van der Waals surface area (Å²) in [5, 5.41) is 8.94. The Morgan fingerprint density at radius 2 is 2.00 bits per heavy atom. The maximum absolute atomic E-state index is 11.6. The standard InChI is InChI=1S/C11H14N2O6S/c1-3-19-11(16)13-20(17,18)12-8-5-4-7(2)9(6-8)10(14)15/h4-6,12H,3H2,1-2H3,(H,13,16)(H,14,15). The number of anilines is 1. The van der Waals surface area contributed by atoms with Gasteiger partial charge in [0.2, 0.25) is 0 Å². The molecule has 0 aliphatic heterocycles. The Labute approximate surface area is 115 Å². The van der Waals surface area contributed by atoms with E-state index in [1.165, 1.54) is 19.1 Å². The highest BCUT2D eigenvalue weighted by Gasteiger charge is 2.16. The van der Waals surface area contributed by atoms with Crippen LogP contribution in [0.5, 0.6) is 0 Å². The van der Waals surface area contributed by atoms with E-state index in [-0.39, 0.29) is 17.9 Å². The number of nitrogens with one attached hydrogen (secondary N) is 2. The number of hydrogen-bond donors (Lipinski definition) is 3. The van der Waals surface area contributed by atoms with Gasteiger partial charge in [0, 0.05) is 0 Å². The number of amides is 1. The predicted molar refractivity (Wildman–Crippen MR) is 70.8 cm³/mol. The van der Waals surface area contributed by atoms with E-state index >= 15 is 0 Å². The number of aromatic carboxylic acids is 1. The first-order valence-electron chi connectivity index (χ1n) is 5.56. The van der Waals surface area contributed by atoms with Crippen LogP contribution in [0.25, 0.3) is 0 Å². The number of carbonyl (C=O) groups excluding carboxylic acids is 1. The molecule has 9 heteroatoms. The summed E-state index contributed by atoms with van der Waals surface area (Å²) in [6.07, 6.45) is -1.12. The number of carboxylic acids is 1. The number of rotatable bonds is 5. The van der Waals surface area contributed by atoms with Crippen LogP contribution in [0.3, 0.4) is 0 Å². The molecule has 0 saturated carbocycles. The highest BCUT2D eigenvalue weighted by molar-refractivity contribution is 7.91. The Bertz CT molecular complexity index is 626. The van der Waals surface area contributed by atoms with Crippen molar-refractivity contribution < 1.29 is 27.9 Å². The van der Waals surface area contributed by atoms with Crippen LogP contribution >= 0.6 is 0 Å². The van der Waals surface area contributed by atoms with Crippen molar-refractivity contribution in [2.45, 2.75) is 13.8 Å². The number of hydrogen-bond acceptors (Lipinski definition) is 5. The first-order valence-corrected chi connectivity index (χ1v) is 7.04. The minimum absolute atomic E-state index is 0.0183. The summed E-state index contributed by atoms with van der Waals surface area (Å²) in [5.41, 5.74) is 0.463. The molecule has 1 amide bonds. The lowest BCUT2D eigenvalue weighted by Gasteiger charge is -2.10. The fraction of sp³-hybridized carbons (Fsp3) is 0.273. The molecule has 0 radical (unpaired) electrons. The van der Waals surface area contributed by atoms with Gasteiger partial charge in [0.15, 0.2) is 0 Å². The second-order valence-electron chi connectivity index (χ2n) is 3.76. The maximum atomic E-state index is 11.6. The lowest BCUT2D eigenvalue weighted by atomic mass is 10.1. The Balaban J connectivity index is 2.90. The smallest absolute Gasteiger partial charge is 0.422 e. The molecule has 0 unspecified atom stereocenters. The predicted octanol–water partition coefficient (Wildman–Crippen LogP) is 1.10. The number of ether oxygens (including phenoxy) is 1. The zero-order valence-electron chi connectivity index (χ0n) is 10.8. The van der Waals surface area contributed by atoms with Crippen molar-refractivity contribution in [3.63, 3.8) is 0 Å². The average molecular weight is 302 g/mol. The molecule has 110 valence electrons. The summed E-state index contributed by atoms with van der Waals surface area (Å²) < 4.78 is 31.2. The molecule has 0 aromatic heterocycles. The van der Waals surface area contributed by atoms with E-state index < -0.39 is 22.3 Å². The van der Waals surface area contributed by atoms with Crippen LogP contribution in [0.4, 0.5) is 10.5 Å². The van der Waals surface area contributed by atoms with Gasteiger partial charge in [-0.05, 0) is 31.5 Å². The quantitative estimate of drug-likeness (QED) is 0.748. The summed E-state index contributed by atoms with van der Waals surface area (Å²) in [6, 6.07) is 3.99. The molecule has 20 heavy (non-hydrogen) atoms. The molecule has 1 aromatic rings. The van der Waals surface area contributed by atoms with Gasteiger partial charge in [-0.2, -0.15) is 8.42 Å². The molecule has 1 aromatic carbocycles. The monoisotopic (exact) mass is 302 g/mol. The van der Waals surface area contributed by atoms with E-state index in [0.29, 0.717) is 5.56 Å². The van der Waals surface area contributed by atoms with Gasteiger partial charge in [-0.3, -0.25) is 4.72 Å². The third-order valence-electron chi connectivity index (χ3n) is 2.21. The molecular weight excluding hydrogens is 288 g/mol. The van der Waals surface area contributed by atoms with Gasteiger partial charge in [-0.15, -0.1) is 0 Å². The van der Waals surface area contributed by atoms with Crippen molar-refractivity contribution in [2.24, 2.45) is 0 Å². The van der Waals surface area contributed by atoms with Gasteiger partial charge in [-0.25, -0.2) is 14.3 Å². The first-order chi connectivity index (χ1) is 9.25. The van der Waals surface area contributed by atoms with E-state index in [1.54, 1.807) is 11.6 Å². The second kappa shape index (κ2) is 6.24. The van der Waals surface area contributed by atoms with Crippen LogP contribution in [0.2, 0.25) is 0 Å². The molecule has 1 rings (SSSR count). The maximum Gasteiger partial charge on any atom is 0.422 e. The first kappa shape index (κ1) is 15.8. The minimum atomic E-state index is -4.18. The Hall–Kier alpha value is -2.29. The van der Waals surface area contributed by atoms with Crippen LogP contribution in [0, 0.1) is 6.92 Å². The number of aryl methyl sites for hydroxylation is 1. The minimum Gasteiger partial charge on any atom is -0.478 e. The molecule has 0 fully saturated rings. The molecule has 0 saturated heterocycles. The summed E-state index contributed by atoms with van der Waals surface area (Å²) >= 11 is 0. The summed E-state index contributed by atoms with van der Waals surface area (Å²) in [7, 11) is -4.18. The Morgan fingerprint density at radius 1 is 1.35 bits per heavy atom. The van der Waals surface area contributed by atoms with E-state index in [2.05, 4.69) is 4.74 Å². The van der Waals surface area contributed by atoms with Gasteiger partial charge in [0.1, 0.15) is 0 Å². The molecule has 8 nitrogen and oxygen atoms in total. The number of carbonyl (C=O) groups is 2. The summed E-state index contributed by atoms with van der Waals surface area (Å²) in [6.45, 7) is 3.13. The summed E-state index contributed by atoms with van der Waals surface area (Å²) in [5.74, 6) is -1.18. The average Bonchev–Trinajstić information content (AvgIpc) is 2.30. The van der Waals surface area contributed by atoms with Gasteiger partial charge >= 0.3 is 22.3 Å². The molecule has 0 heterocycles. The fourth-order valence-electron chi connectivity index (χ4n) is 1.37. The van der Waals surface area contributed by atoms with E-state index in [4.69, 9.17) is 5.11 Å². The van der Waals surface area contributed by atoms with Crippen LogP contribution in [0.1, 0.15) is 22.8 Å². The number of carboxylic acid groups (broad SMARTS) is 1. The zero-order chi connectivity index (χ0) is 15.3. The van der Waals surface area contributed by atoms with Crippen LogP contribution in [-0.4, -0.2) is 32.2 Å². The molecule has 3 N–H and O–H groups in total. The molecule has 0 bridgehead atoms. The topological polar surface area (TPSA) is 122 Å². The second-order valence-corrected chi connectivity index (χ2v) is 5.18. The third-order valence-corrected chi connectivity index (χ3v) is 3.15. The lowest BCUT2D eigenvalue weighted by molar-refractivity contribution is 0.0696. The SMILES string of the molecule is CCOC(=O)NS(=O)(=O)Nc1ccc(C)c(C(=O)O)c1. The molecule has 0 atom stereocenters. The molecule has 0 spiro atoms. The van der Waals surface area contributed by atoms with Crippen molar-refractivity contribution >= 4 is 28.0 Å². The number of benzene rings is 1. The van der Waals surface area contributed by atoms with E-state index in [9.17, 15) is 18.0 Å². The van der Waals surface area contributed by atoms with Crippen molar-refractivity contribution in [2.75, 3.05) is 11.3 Å². The molecule has 0 aliphatic rings. The lowest BCUT2D eigenvalue weighted by Crippen LogP contribution is -2.35. The fourth-order valence-corrected chi connectivity index (χ4v) is 2.13. The van der Waals surface area contributed by atoms with Crippen molar-refractivity contribution in [3.05, 3.63) is 29.3 Å². The summed E-state index contributed by atoms with van der Waals surface area (Å²) in [4.78, 5) is 22.0. The molecule has 0 aliphatic carbocycles. The van der Waals surface area contributed by atoms with Crippen molar-refractivity contribution in [1.29, 1.82) is 0 Å². The Kier molecular flexibility index (Phi) is 4.92. The third kappa shape index (κ3) is 4.43. The van der Waals surface area contributed by atoms with Crippen molar-refractivity contribution in [3.8, 4) is 0 Å². The van der Waals surface area contributed by atoms with Gasteiger partial charge in [-0.1, -0.05) is 6.07 Å². The van der Waals surface area contributed by atoms with Crippen LogP contribution in [0.15, 0.2) is 18.2 Å². The van der Waals surface area contributed by atoms with Gasteiger partial charge < -0.3 is 9.84 Å². The van der Waals surface area contributed by atoms with Crippen LogP contribution < -0.4 is 9.44 Å². The van der Waals surface area contributed by atoms with Crippen LogP contribution in [-0.2, 0) is 14.9 Å². The van der Waals surface area contributed by atoms with Gasteiger partial charge in [0.25, 0.3) is 0 Å². The highest BCUT2D eigenvalue weighted by atomic mass is 32.2. The Morgan fingerprint density at radius 3 is 2.55 bits per heavy atom. The normalized spacial score (nSPS) is 10.7. The molecular formula is C11H14N2O6S.